The Balaban J connectivity index is 1.39. The van der Waals surface area contributed by atoms with E-state index in [1.54, 1.807) is 54.6 Å². The van der Waals surface area contributed by atoms with Gasteiger partial charge < -0.3 is 4.74 Å². The number of hydrogen-bond donors (Lipinski definition) is 1. The van der Waals surface area contributed by atoms with Crippen molar-refractivity contribution >= 4 is 69.4 Å². The van der Waals surface area contributed by atoms with Gasteiger partial charge >= 0.3 is 0 Å². The largest absolute Gasteiger partial charge is 0.489 e. The Morgan fingerprint density at radius 3 is 2.45 bits per heavy atom. The summed E-state index contributed by atoms with van der Waals surface area (Å²) in [6.45, 7) is 0.343. The first-order valence-corrected chi connectivity index (χ1v) is 11.7. The Hall–Kier alpha value is -2.84. The van der Waals surface area contributed by atoms with Crippen molar-refractivity contribution in [1.29, 1.82) is 0 Å². The van der Waals surface area contributed by atoms with Crippen LogP contribution in [0.15, 0.2) is 77.7 Å². The maximum atomic E-state index is 12.8. The number of ether oxygens (including phenoxy) is 1. The van der Waals surface area contributed by atoms with Crippen LogP contribution in [-0.2, 0) is 11.4 Å². The number of rotatable bonds is 6. The van der Waals surface area contributed by atoms with E-state index in [0.29, 0.717) is 32.9 Å². The highest BCUT2D eigenvalue weighted by atomic mass is 35.5. The molecule has 33 heavy (non-hydrogen) atoms. The van der Waals surface area contributed by atoms with Crippen LogP contribution in [0, 0.1) is 0 Å². The monoisotopic (exact) mass is 514 g/mol. The van der Waals surface area contributed by atoms with E-state index in [9.17, 15) is 9.59 Å². The first-order chi connectivity index (χ1) is 15.9. The molecule has 166 valence electrons. The standard InChI is InChI=1S/C24H16Cl2N2O3S2/c25-19-11-8-16(12-20(19)26)14-31-18-9-6-15(7-10-18)13-21-23(30)28(24(32)33-21)27-22(29)17-4-2-1-3-5-17/h1-13H,14H2,(H,27,29). The van der Waals surface area contributed by atoms with Crippen LogP contribution in [0.3, 0.4) is 0 Å². The van der Waals surface area contributed by atoms with Crippen LogP contribution < -0.4 is 10.2 Å². The van der Waals surface area contributed by atoms with Crippen LogP contribution in [0.25, 0.3) is 6.08 Å². The topological polar surface area (TPSA) is 58.6 Å². The Kier molecular flexibility index (Phi) is 7.35. The molecule has 3 aromatic carbocycles. The lowest BCUT2D eigenvalue weighted by Gasteiger charge is -2.15. The number of carbonyl (C=O) groups is 2. The molecule has 3 aromatic rings. The molecule has 1 aliphatic heterocycles. The van der Waals surface area contributed by atoms with E-state index in [2.05, 4.69) is 5.43 Å². The highest BCUT2D eigenvalue weighted by Crippen LogP contribution is 2.32. The van der Waals surface area contributed by atoms with Gasteiger partial charge in [-0.05, 0) is 65.8 Å². The Labute approximate surface area is 210 Å². The first kappa shape index (κ1) is 23.3. The third-order valence-electron chi connectivity index (χ3n) is 4.61. The van der Waals surface area contributed by atoms with Crippen molar-refractivity contribution in [1.82, 2.24) is 10.4 Å². The van der Waals surface area contributed by atoms with Gasteiger partial charge in [0.2, 0.25) is 0 Å². The van der Waals surface area contributed by atoms with Gasteiger partial charge in [0.15, 0.2) is 4.32 Å². The normalized spacial score (nSPS) is 14.6. The average molecular weight is 515 g/mol. The van der Waals surface area contributed by atoms with Crippen molar-refractivity contribution in [2.75, 3.05) is 0 Å². The molecule has 0 aliphatic carbocycles. The highest BCUT2D eigenvalue weighted by Gasteiger charge is 2.33. The molecule has 5 nitrogen and oxygen atoms in total. The quantitative estimate of drug-likeness (QED) is 0.317. The van der Waals surface area contributed by atoms with Crippen LogP contribution in [0.4, 0.5) is 0 Å². The van der Waals surface area contributed by atoms with E-state index in [1.165, 1.54) is 0 Å². The molecule has 1 N–H and O–H groups in total. The maximum Gasteiger partial charge on any atom is 0.285 e. The Bertz CT molecular complexity index is 1250. The van der Waals surface area contributed by atoms with Crippen LogP contribution in [0.5, 0.6) is 5.75 Å². The molecular formula is C24H16Cl2N2O3S2. The maximum absolute atomic E-state index is 12.8. The Morgan fingerprint density at radius 1 is 1.03 bits per heavy atom. The number of nitrogens with one attached hydrogen (secondary N) is 1. The lowest BCUT2D eigenvalue weighted by atomic mass is 10.2. The zero-order valence-corrected chi connectivity index (χ0v) is 20.1. The minimum atomic E-state index is -0.406. The van der Waals surface area contributed by atoms with Crippen LogP contribution in [0.1, 0.15) is 21.5 Å². The zero-order valence-electron chi connectivity index (χ0n) is 17.0. The number of thioether (sulfide) groups is 1. The van der Waals surface area contributed by atoms with E-state index in [1.807, 2.05) is 24.3 Å². The number of benzene rings is 3. The molecular weight excluding hydrogens is 499 g/mol. The second kappa shape index (κ2) is 10.4. The van der Waals surface area contributed by atoms with E-state index in [0.717, 1.165) is 27.9 Å². The summed E-state index contributed by atoms with van der Waals surface area (Å²) in [4.78, 5) is 25.5. The number of carbonyl (C=O) groups excluding carboxylic acids is 2. The number of nitrogens with zero attached hydrogens (tertiary/aromatic N) is 1. The molecule has 1 saturated heterocycles. The minimum Gasteiger partial charge on any atom is -0.489 e. The average Bonchev–Trinajstić information content (AvgIpc) is 3.08. The molecule has 2 amide bonds. The first-order valence-electron chi connectivity index (χ1n) is 9.71. The summed E-state index contributed by atoms with van der Waals surface area (Å²) < 4.78 is 6.04. The number of hydrazine groups is 1. The lowest BCUT2D eigenvalue weighted by molar-refractivity contribution is -0.123. The molecule has 9 heteroatoms. The van der Waals surface area contributed by atoms with Crippen molar-refractivity contribution in [2.45, 2.75) is 6.61 Å². The highest BCUT2D eigenvalue weighted by molar-refractivity contribution is 8.26. The predicted molar refractivity (Wildman–Crippen MR) is 136 cm³/mol. The van der Waals surface area contributed by atoms with Crippen molar-refractivity contribution in [3.8, 4) is 5.75 Å². The number of halogens is 2. The molecule has 1 aliphatic rings. The summed E-state index contributed by atoms with van der Waals surface area (Å²) in [7, 11) is 0. The van der Waals surface area contributed by atoms with E-state index < -0.39 is 5.91 Å². The van der Waals surface area contributed by atoms with Crippen LogP contribution >= 0.6 is 47.2 Å². The van der Waals surface area contributed by atoms with Gasteiger partial charge in [-0.15, -0.1) is 0 Å². The fourth-order valence-electron chi connectivity index (χ4n) is 2.93. The molecule has 0 bridgehead atoms. The van der Waals surface area contributed by atoms with Crippen LogP contribution in [0.2, 0.25) is 10.0 Å². The third-order valence-corrected chi connectivity index (χ3v) is 6.65. The second-order valence-electron chi connectivity index (χ2n) is 6.93. The van der Waals surface area contributed by atoms with Crippen LogP contribution in [-0.4, -0.2) is 21.1 Å². The van der Waals surface area contributed by atoms with Crippen molar-refractivity contribution in [3.05, 3.63) is 104 Å². The summed E-state index contributed by atoms with van der Waals surface area (Å²) in [6.07, 6.45) is 1.72. The molecule has 0 atom stereocenters. The van der Waals surface area contributed by atoms with Gasteiger partial charge in [-0.2, -0.15) is 5.01 Å². The van der Waals surface area contributed by atoms with Gasteiger partial charge in [0.05, 0.1) is 15.0 Å². The summed E-state index contributed by atoms with van der Waals surface area (Å²) in [5.74, 6) is -0.119. The second-order valence-corrected chi connectivity index (χ2v) is 9.42. The molecule has 0 saturated carbocycles. The summed E-state index contributed by atoms with van der Waals surface area (Å²) in [6, 6.07) is 21.2. The van der Waals surface area contributed by atoms with Gasteiger partial charge in [0, 0.05) is 5.56 Å². The zero-order chi connectivity index (χ0) is 23.4. The van der Waals surface area contributed by atoms with Gasteiger partial charge in [-0.25, -0.2) is 0 Å². The van der Waals surface area contributed by atoms with Gasteiger partial charge in [-0.3, -0.25) is 15.0 Å². The summed E-state index contributed by atoms with van der Waals surface area (Å²) in [5.41, 5.74) is 4.70. The van der Waals surface area contributed by atoms with Gasteiger partial charge in [-0.1, -0.05) is 71.4 Å². The van der Waals surface area contributed by atoms with Crippen molar-refractivity contribution in [3.63, 3.8) is 0 Å². The van der Waals surface area contributed by atoms with Crippen molar-refractivity contribution in [2.24, 2.45) is 0 Å². The van der Waals surface area contributed by atoms with E-state index >= 15 is 0 Å². The Morgan fingerprint density at radius 2 is 1.76 bits per heavy atom. The number of hydrogen-bond acceptors (Lipinski definition) is 5. The number of amides is 2. The molecule has 4 rings (SSSR count). The fraction of sp³-hybridized carbons (Fsp3) is 0.0417. The molecule has 0 unspecified atom stereocenters. The third kappa shape index (κ3) is 5.75. The predicted octanol–water partition coefficient (Wildman–Crippen LogP) is 6.12. The minimum absolute atomic E-state index is 0.261. The summed E-state index contributed by atoms with van der Waals surface area (Å²) >= 11 is 18.4. The molecule has 0 aromatic heterocycles. The molecule has 0 spiro atoms. The van der Waals surface area contributed by atoms with Gasteiger partial charge in [0.25, 0.3) is 11.8 Å². The fourth-order valence-corrected chi connectivity index (χ4v) is 4.43. The smallest absolute Gasteiger partial charge is 0.285 e. The van der Waals surface area contributed by atoms with E-state index in [-0.39, 0.29) is 10.2 Å². The molecule has 0 radical (unpaired) electrons. The SMILES string of the molecule is O=C(NN1C(=O)C(=Cc2ccc(OCc3ccc(Cl)c(Cl)c3)cc2)SC1=S)c1ccccc1. The summed E-state index contributed by atoms with van der Waals surface area (Å²) in [5, 5.41) is 2.07. The molecule has 1 fully saturated rings. The lowest BCUT2D eigenvalue weighted by Crippen LogP contribution is -2.44. The number of thiocarbonyl (C=S) groups is 1. The van der Waals surface area contributed by atoms with Crippen molar-refractivity contribution < 1.29 is 14.3 Å². The van der Waals surface area contributed by atoms with E-state index in [4.69, 9.17) is 40.2 Å². The van der Waals surface area contributed by atoms with Gasteiger partial charge in [0.1, 0.15) is 12.4 Å². The molecule has 1 heterocycles.